The summed E-state index contributed by atoms with van der Waals surface area (Å²) in [6.07, 6.45) is 8.76. The normalized spacial score (nSPS) is 42.9. The first-order chi connectivity index (χ1) is 6.52. The van der Waals surface area contributed by atoms with E-state index in [-0.39, 0.29) is 0 Å². The highest BCUT2D eigenvalue weighted by Gasteiger charge is 2.73. The first-order valence-corrected chi connectivity index (χ1v) is 6.52. The molecule has 0 amide bonds. The van der Waals surface area contributed by atoms with Crippen LogP contribution in [0.4, 0.5) is 0 Å². The number of hydrogen-bond acceptors (Lipinski definition) is 0. The highest BCUT2D eigenvalue weighted by Crippen LogP contribution is 2.79. The summed E-state index contributed by atoms with van der Waals surface area (Å²) >= 11 is 0. The van der Waals surface area contributed by atoms with Crippen molar-refractivity contribution >= 4 is 0 Å². The highest BCUT2D eigenvalue weighted by molar-refractivity contribution is 5.21. The van der Waals surface area contributed by atoms with Gasteiger partial charge in [-0.25, -0.2) is 0 Å². The Labute approximate surface area is 89.5 Å². The lowest BCUT2D eigenvalue weighted by molar-refractivity contribution is 0.163. The summed E-state index contributed by atoms with van der Waals surface area (Å²) in [5.41, 5.74) is 1.45. The van der Waals surface area contributed by atoms with Gasteiger partial charge in [0.25, 0.3) is 0 Å². The number of fused-ring (bicyclic) bond motifs is 1. The molecule has 0 radical (unpaired) electrons. The van der Waals surface area contributed by atoms with Crippen molar-refractivity contribution in [2.24, 2.45) is 22.7 Å². The Kier molecular flexibility index (Phi) is 2.44. The fraction of sp³-hybridized carbons (Fsp3) is 1.00. The predicted octanol–water partition coefficient (Wildman–Crippen LogP) is 4.64. The van der Waals surface area contributed by atoms with Crippen LogP contribution in [-0.2, 0) is 0 Å². The van der Waals surface area contributed by atoms with Gasteiger partial charge in [-0.15, -0.1) is 0 Å². The molecule has 2 rings (SSSR count). The molecule has 3 unspecified atom stereocenters. The van der Waals surface area contributed by atoms with Crippen LogP contribution in [0.2, 0.25) is 0 Å². The molecule has 0 aromatic heterocycles. The van der Waals surface area contributed by atoms with E-state index in [9.17, 15) is 0 Å². The molecule has 0 spiro atoms. The topological polar surface area (TPSA) is 0 Å². The Hall–Kier alpha value is 0. The molecule has 3 atom stereocenters. The Bertz CT molecular complexity index is 216. The van der Waals surface area contributed by atoms with E-state index in [2.05, 4.69) is 27.7 Å². The lowest BCUT2D eigenvalue weighted by atomic mass is 9.72. The first-order valence-electron chi connectivity index (χ1n) is 6.52. The van der Waals surface area contributed by atoms with Crippen molar-refractivity contribution in [3.8, 4) is 0 Å². The van der Waals surface area contributed by atoms with E-state index >= 15 is 0 Å². The van der Waals surface area contributed by atoms with E-state index < -0.39 is 0 Å². The van der Waals surface area contributed by atoms with Gasteiger partial charge in [0.2, 0.25) is 0 Å². The summed E-state index contributed by atoms with van der Waals surface area (Å²) in [6.45, 7) is 9.77. The Balaban J connectivity index is 1.73. The van der Waals surface area contributed by atoms with E-state index in [4.69, 9.17) is 0 Å². The van der Waals surface area contributed by atoms with Crippen molar-refractivity contribution in [3.63, 3.8) is 0 Å². The molecule has 2 saturated carbocycles. The molecular weight excluding hydrogens is 168 g/mol. The van der Waals surface area contributed by atoms with Gasteiger partial charge in [0, 0.05) is 0 Å². The largest absolute Gasteiger partial charge is 0.0654 e. The van der Waals surface area contributed by atoms with Crippen molar-refractivity contribution < 1.29 is 0 Å². The van der Waals surface area contributed by atoms with Gasteiger partial charge >= 0.3 is 0 Å². The van der Waals surface area contributed by atoms with Crippen molar-refractivity contribution in [2.75, 3.05) is 0 Å². The average molecular weight is 194 g/mol. The van der Waals surface area contributed by atoms with Gasteiger partial charge in [0.05, 0.1) is 0 Å². The zero-order valence-electron chi connectivity index (χ0n) is 10.4. The van der Waals surface area contributed by atoms with Gasteiger partial charge in [0.15, 0.2) is 0 Å². The van der Waals surface area contributed by atoms with E-state index in [0.717, 1.165) is 17.3 Å². The number of unbranched alkanes of at least 4 members (excludes halogenated alkanes) is 3. The molecule has 2 fully saturated rings. The monoisotopic (exact) mass is 194 g/mol. The van der Waals surface area contributed by atoms with Crippen LogP contribution in [0, 0.1) is 22.7 Å². The highest BCUT2D eigenvalue weighted by atomic mass is 14.8. The van der Waals surface area contributed by atoms with E-state index in [1.165, 1.54) is 38.5 Å². The van der Waals surface area contributed by atoms with Gasteiger partial charge < -0.3 is 0 Å². The van der Waals surface area contributed by atoms with Gasteiger partial charge in [-0.3, -0.25) is 0 Å². The maximum absolute atomic E-state index is 2.54. The standard InChI is InChI=1S/C14H26/c1-5-6-7-8-9-14(4)11-10-13(2,3)12(11)14/h11-12H,5-10H2,1-4H3. The number of rotatable bonds is 5. The van der Waals surface area contributed by atoms with E-state index in [1.54, 1.807) is 0 Å². The van der Waals surface area contributed by atoms with Crippen molar-refractivity contribution in [1.29, 1.82) is 0 Å². The molecular formula is C14H26. The molecule has 0 aliphatic heterocycles. The van der Waals surface area contributed by atoms with Gasteiger partial charge in [-0.05, 0) is 35.5 Å². The first kappa shape index (κ1) is 10.5. The third-order valence-electron chi connectivity index (χ3n) is 5.01. The Morgan fingerprint density at radius 3 is 2.21 bits per heavy atom. The van der Waals surface area contributed by atoms with Crippen LogP contribution in [-0.4, -0.2) is 0 Å². The molecule has 82 valence electrons. The summed E-state index contributed by atoms with van der Waals surface area (Å²) in [5, 5.41) is 0. The molecule has 0 bridgehead atoms. The molecule has 2 aliphatic carbocycles. The third kappa shape index (κ3) is 1.42. The quantitative estimate of drug-likeness (QED) is 0.559. The summed E-state index contributed by atoms with van der Waals surface area (Å²) in [7, 11) is 0. The second kappa shape index (κ2) is 3.25. The lowest BCUT2D eigenvalue weighted by Gasteiger charge is -2.33. The smallest absolute Gasteiger partial charge is 0.0258 e. The van der Waals surface area contributed by atoms with Crippen molar-refractivity contribution in [1.82, 2.24) is 0 Å². The van der Waals surface area contributed by atoms with Crippen LogP contribution in [0.1, 0.15) is 66.2 Å². The predicted molar refractivity (Wildman–Crippen MR) is 62.2 cm³/mol. The fourth-order valence-corrected chi connectivity index (χ4v) is 4.26. The molecule has 14 heavy (non-hydrogen) atoms. The van der Waals surface area contributed by atoms with Gasteiger partial charge in [0.1, 0.15) is 0 Å². The van der Waals surface area contributed by atoms with Crippen LogP contribution in [0.15, 0.2) is 0 Å². The Morgan fingerprint density at radius 1 is 1.07 bits per heavy atom. The van der Waals surface area contributed by atoms with Crippen molar-refractivity contribution in [2.45, 2.75) is 66.2 Å². The summed E-state index contributed by atoms with van der Waals surface area (Å²) < 4.78 is 0. The average Bonchev–Trinajstić information content (AvgIpc) is 2.60. The molecule has 0 saturated heterocycles. The maximum atomic E-state index is 2.54. The van der Waals surface area contributed by atoms with Crippen LogP contribution in [0.25, 0.3) is 0 Å². The lowest BCUT2D eigenvalue weighted by Crippen LogP contribution is -2.25. The van der Waals surface area contributed by atoms with Gasteiger partial charge in [-0.1, -0.05) is 53.4 Å². The molecule has 2 aliphatic rings. The maximum Gasteiger partial charge on any atom is -0.0258 e. The minimum atomic E-state index is 0.685. The molecule has 0 heteroatoms. The van der Waals surface area contributed by atoms with Gasteiger partial charge in [-0.2, -0.15) is 0 Å². The fourth-order valence-electron chi connectivity index (χ4n) is 4.26. The SMILES string of the molecule is CCCCCCC1(C)C2CC(C)(C)C21. The van der Waals surface area contributed by atoms with Crippen LogP contribution < -0.4 is 0 Å². The van der Waals surface area contributed by atoms with Crippen LogP contribution in [0.5, 0.6) is 0 Å². The molecule has 0 aromatic carbocycles. The van der Waals surface area contributed by atoms with Crippen LogP contribution in [0.3, 0.4) is 0 Å². The van der Waals surface area contributed by atoms with E-state index in [0.29, 0.717) is 5.41 Å². The minimum absolute atomic E-state index is 0.685. The second-order valence-corrected chi connectivity index (χ2v) is 6.59. The Morgan fingerprint density at radius 2 is 1.79 bits per heavy atom. The van der Waals surface area contributed by atoms with Crippen LogP contribution >= 0.6 is 0 Å². The van der Waals surface area contributed by atoms with E-state index in [1.807, 2.05) is 0 Å². The zero-order chi connectivity index (χ0) is 10.4. The molecule has 0 aromatic rings. The summed E-state index contributed by atoms with van der Waals surface area (Å²) in [5.74, 6) is 2.19. The second-order valence-electron chi connectivity index (χ2n) is 6.59. The third-order valence-corrected chi connectivity index (χ3v) is 5.01. The van der Waals surface area contributed by atoms with Crippen molar-refractivity contribution in [3.05, 3.63) is 0 Å². The summed E-state index contributed by atoms with van der Waals surface area (Å²) in [6, 6.07) is 0. The number of hydrogen-bond donors (Lipinski definition) is 0. The molecule has 0 N–H and O–H groups in total. The zero-order valence-corrected chi connectivity index (χ0v) is 10.4. The summed E-state index contributed by atoms with van der Waals surface area (Å²) in [4.78, 5) is 0. The minimum Gasteiger partial charge on any atom is -0.0654 e. The molecule has 0 heterocycles. The molecule has 0 nitrogen and oxygen atoms in total.